The van der Waals surface area contributed by atoms with E-state index in [2.05, 4.69) is 16.7 Å². The summed E-state index contributed by atoms with van der Waals surface area (Å²) in [7, 11) is 0. The Labute approximate surface area is 125 Å². The van der Waals surface area contributed by atoms with E-state index in [-0.39, 0.29) is 18.1 Å². The molecular formula is C13H16N4O3S. The topological polar surface area (TPSA) is 76.8 Å². The summed E-state index contributed by atoms with van der Waals surface area (Å²) in [6.45, 7) is 6.77. The Hall–Kier alpha value is -2.06. The van der Waals surface area contributed by atoms with Crippen molar-refractivity contribution in [3.05, 3.63) is 40.3 Å². The minimum atomic E-state index is -0.310. The molecule has 2 aromatic rings. The molecule has 112 valence electrons. The summed E-state index contributed by atoms with van der Waals surface area (Å²) in [5, 5.41) is 3.90. The van der Waals surface area contributed by atoms with E-state index in [0.29, 0.717) is 30.4 Å². The average molecular weight is 308 g/mol. The summed E-state index contributed by atoms with van der Waals surface area (Å²) in [5.41, 5.74) is 1.93. The Morgan fingerprint density at radius 1 is 1.62 bits per heavy atom. The van der Waals surface area contributed by atoms with Crippen LogP contribution in [-0.4, -0.2) is 45.2 Å². The fourth-order valence-electron chi connectivity index (χ4n) is 1.87. The Kier molecular flexibility index (Phi) is 5.18. The highest BCUT2D eigenvalue weighted by Crippen LogP contribution is 2.06. The lowest BCUT2D eigenvalue weighted by atomic mass is 10.3. The van der Waals surface area contributed by atoms with Crippen molar-refractivity contribution in [2.45, 2.75) is 13.5 Å². The molecule has 0 N–H and O–H groups in total. The lowest BCUT2D eigenvalue weighted by molar-refractivity contribution is -0.144. The zero-order valence-electron chi connectivity index (χ0n) is 11.7. The van der Waals surface area contributed by atoms with Crippen LogP contribution in [0, 0.1) is 0 Å². The van der Waals surface area contributed by atoms with Crippen LogP contribution < -0.4 is 5.56 Å². The van der Waals surface area contributed by atoms with Crippen LogP contribution in [0.25, 0.3) is 4.96 Å². The lowest BCUT2D eigenvalue weighted by Gasteiger charge is -2.18. The van der Waals surface area contributed by atoms with Crippen LogP contribution in [0.1, 0.15) is 12.6 Å². The third-order valence-corrected chi connectivity index (χ3v) is 3.35. The van der Waals surface area contributed by atoms with Gasteiger partial charge in [-0.2, -0.15) is 9.61 Å². The quantitative estimate of drug-likeness (QED) is 0.553. The molecule has 0 spiro atoms. The molecule has 0 atom stereocenters. The Balaban J connectivity index is 2.15. The van der Waals surface area contributed by atoms with E-state index < -0.39 is 0 Å². The fraction of sp³-hybridized carbons (Fsp3) is 0.385. The number of nitrogens with zero attached hydrogens (tertiary/aromatic N) is 4. The number of ether oxygens (including phenoxy) is 1. The number of carbonyl (C=O) groups excluding carboxylic acids is 1. The Bertz CT molecular complexity index is 694. The second kappa shape index (κ2) is 7.09. The van der Waals surface area contributed by atoms with Gasteiger partial charge in [0.15, 0.2) is 0 Å². The highest BCUT2D eigenvalue weighted by molar-refractivity contribution is 7.14. The van der Waals surface area contributed by atoms with Gasteiger partial charge in [0, 0.05) is 19.2 Å². The number of rotatable bonds is 7. The molecule has 0 fully saturated rings. The normalized spacial score (nSPS) is 11.0. The molecule has 0 aliphatic carbocycles. The maximum absolute atomic E-state index is 11.9. The van der Waals surface area contributed by atoms with Gasteiger partial charge in [-0.15, -0.1) is 6.58 Å². The standard InChI is InChI=1S/C13H16N4O3S/c1-3-5-16(8-12(19)20-4-2)7-10-6-11(18)17-13(15-10)21-9-14-17/h3,6,9H,1,4-5,7-8H2,2H3. The van der Waals surface area contributed by atoms with Gasteiger partial charge in [0.05, 0.1) is 18.8 Å². The number of aromatic nitrogens is 3. The summed E-state index contributed by atoms with van der Waals surface area (Å²) in [6.07, 6.45) is 1.69. The predicted octanol–water partition coefficient (Wildman–Crippen LogP) is 0.702. The minimum absolute atomic E-state index is 0.129. The maximum atomic E-state index is 11.9. The summed E-state index contributed by atoms with van der Waals surface area (Å²) in [6, 6.07) is 1.42. The van der Waals surface area contributed by atoms with Crippen molar-refractivity contribution in [3.63, 3.8) is 0 Å². The van der Waals surface area contributed by atoms with Crippen LogP contribution in [0.15, 0.2) is 29.0 Å². The monoisotopic (exact) mass is 308 g/mol. The van der Waals surface area contributed by atoms with Crippen molar-refractivity contribution < 1.29 is 9.53 Å². The Morgan fingerprint density at radius 3 is 3.14 bits per heavy atom. The number of hydrogen-bond acceptors (Lipinski definition) is 7. The second-order valence-corrected chi connectivity index (χ2v) is 5.09. The highest BCUT2D eigenvalue weighted by Gasteiger charge is 2.13. The number of esters is 1. The molecule has 0 aliphatic heterocycles. The van der Waals surface area contributed by atoms with Crippen molar-refractivity contribution in [2.24, 2.45) is 0 Å². The number of fused-ring (bicyclic) bond motifs is 1. The van der Waals surface area contributed by atoms with E-state index in [1.165, 1.54) is 21.9 Å². The van der Waals surface area contributed by atoms with Gasteiger partial charge in [0.1, 0.15) is 5.51 Å². The van der Waals surface area contributed by atoms with Crippen molar-refractivity contribution in [1.29, 1.82) is 0 Å². The molecule has 0 unspecified atom stereocenters. The van der Waals surface area contributed by atoms with Gasteiger partial charge < -0.3 is 4.74 Å². The first-order chi connectivity index (χ1) is 10.1. The van der Waals surface area contributed by atoms with Crippen molar-refractivity contribution in [1.82, 2.24) is 19.5 Å². The second-order valence-electron chi connectivity index (χ2n) is 4.28. The first kappa shape index (κ1) is 15.3. The van der Waals surface area contributed by atoms with Gasteiger partial charge in [0.25, 0.3) is 5.56 Å². The van der Waals surface area contributed by atoms with E-state index in [1.807, 2.05) is 4.90 Å². The molecule has 0 saturated carbocycles. The van der Waals surface area contributed by atoms with Crippen LogP contribution in [-0.2, 0) is 16.1 Å². The molecule has 0 radical (unpaired) electrons. The Morgan fingerprint density at radius 2 is 2.43 bits per heavy atom. The first-order valence-electron chi connectivity index (χ1n) is 6.45. The molecule has 0 bridgehead atoms. The molecule has 0 aliphatic rings. The van der Waals surface area contributed by atoms with Gasteiger partial charge in [0.2, 0.25) is 4.96 Å². The summed E-state index contributed by atoms with van der Waals surface area (Å²) in [5.74, 6) is -0.310. The molecular weight excluding hydrogens is 292 g/mol. The summed E-state index contributed by atoms with van der Waals surface area (Å²) < 4.78 is 6.18. The molecule has 2 heterocycles. The van der Waals surface area contributed by atoms with Crippen molar-refractivity contribution in [3.8, 4) is 0 Å². The zero-order chi connectivity index (χ0) is 15.2. The minimum Gasteiger partial charge on any atom is -0.465 e. The number of hydrogen-bond donors (Lipinski definition) is 0. The molecule has 2 aromatic heterocycles. The van der Waals surface area contributed by atoms with Crippen LogP contribution in [0.5, 0.6) is 0 Å². The largest absolute Gasteiger partial charge is 0.465 e. The van der Waals surface area contributed by atoms with E-state index >= 15 is 0 Å². The summed E-state index contributed by atoms with van der Waals surface area (Å²) in [4.78, 5) is 30.1. The highest BCUT2D eigenvalue weighted by atomic mass is 32.1. The predicted molar refractivity (Wildman–Crippen MR) is 79.2 cm³/mol. The molecule has 0 saturated heterocycles. The van der Waals surface area contributed by atoms with E-state index in [4.69, 9.17) is 4.74 Å². The van der Waals surface area contributed by atoms with Gasteiger partial charge in [-0.05, 0) is 6.92 Å². The molecule has 7 nitrogen and oxygen atoms in total. The van der Waals surface area contributed by atoms with Gasteiger partial charge in [-0.1, -0.05) is 17.4 Å². The van der Waals surface area contributed by atoms with E-state index in [1.54, 1.807) is 18.5 Å². The first-order valence-corrected chi connectivity index (χ1v) is 7.33. The maximum Gasteiger partial charge on any atom is 0.320 e. The number of carbonyl (C=O) groups is 1. The fourth-order valence-corrected chi connectivity index (χ4v) is 2.51. The molecule has 21 heavy (non-hydrogen) atoms. The van der Waals surface area contributed by atoms with Crippen molar-refractivity contribution >= 4 is 22.3 Å². The summed E-state index contributed by atoms with van der Waals surface area (Å²) >= 11 is 1.29. The molecule has 0 amide bonds. The molecule has 8 heteroatoms. The van der Waals surface area contributed by atoms with Gasteiger partial charge in [-0.3, -0.25) is 14.5 Å². The van der Waals surface area contributed by atoms with Crippen LogP contribution in [0.2, 0.25) is 0 Å². The zero-order valence-corrected chi connectivity index (χ0v) is 12.5. The molecule has 0 aromatic carbocycles. The van der Waals surface area contributed by atoms with Crippen LogP contribution in [0.4, 0.5) is 0 Å². The van der Waals surface area contributed by atoms with E-state index in [9.17, 15) is 9.59 Å². The SMILES string of the molecule is C=CCN(CC(=O)OCC)Cc1cc(=O)n2ncsc2n1. The lowest BCUT2D eigenvalue weighted by Crippen LogP contribution is -2.31. The van der Waals surface area contributed by atoms with Gasteiger partial charge in [-0.25, -0.2) is 4.98 Å². The third-order valence-electron chi connectivity index (χ3n) is 2.67. The van der Waals surface area contributed by atoms with Crippen molar-refractivity contribution in [2.75, 3.05) is 19.7 Å². The van der Waals surface area contributed by atoms with Crippen LogP contribution in [0.3, 0.4) is 0 Å². The van der Waals surface area contributed by atoms with Crippen LogP contribution >= 0.6 is 11.3 Å². The smallest absolute Gasteiger partial charge is 0.320 e. The third kappa shape index (κ3) is 3.96. The van der Waals surface area contributed by atoms with E-state index in [0.717, 1.165) is 0 Å². The average Bonchev–Trinajstić information content (AvgIpc) is 2.88. The molecule has 2 rings (SSSR count). The van der Waals surface area contributed by atoms with Gasteiger partial charge >= 0.3 is 5.97 Å².